The van der Waals surface area contributed by atoms with Crippen LogP contribution in [0.25, 0.3) is 5.69 Å². The molecule has 0 aliphatic heterocycles. The van der Waals surface area contributed by atoms with Gasteiger partial charge < -0.3 is 4.74 Å². The number of H-pyrrole nitrogens is 1. The zero-order valence-electron chi connectivity index (χ0n) is 9.17. The normalized spacial score (nSPS) is 10.2. The summed E-state index contributed by atoms with van der Waals surface area (Å²) in [6, 6.07) is 9.05. The van der Waals surface area contributed by atoms with Crippen molar-refractivity contribution in [3.63, 3.8) is 0 Å². The highest BCUT2D eigenvalue weighted by Crippen LogP contribution is 1.98. The highest BCUT2D eigenvalue weighted by atomic mass is 16.5. The second kappa shape index (κ2) is 4.65. The van der Waals surface area contributed by atoms with Gasteiger partial charge in [-0.1, -0.05) is 18.2 Å². The predicted molar refractivity (Wildman–Crippen MR) is 56.6 cm³/mol. The lowest BCUT2D eigenvalue weighted by Crippen LogP contribution is -2.39. The van der Waals surface area contributed by atoms with Crippen LogP contribution in [0, 0.1) is 0 Å². The fourth-order valence-electron chi connectivity index (χ4n) is 1.44. The molecule has 0 spiro atoms. The van der Waals surface area contributed by atoms with Gasteiger partial charge in [-0.2, -0.15) is 0 Å². The summed E-state index contributed by atoms with van der Waals surface area (Å²) in [5.41, 5.74) is 0.319. The number of aromatic amines is 1. The van der Waals surface area contributed by atoms with E-state index in [2.05, 4.69) is 14.5 Å². The lowest BCUT2D eigenvalue weighted by Gasteiger charge is -1.93. The topological polar surface area (TPSA) is 76.2 Å². The van der Waals surface area contributed by atoms with Crippen molar-refractivity contribution in [2.24, 2.45) is 0 Å². The molecule has 0 amide bonds. The standard InChI is InChI=1S/C11H10N2O4/c1-16-10(14)7-9-11(15)17-12-13(9)8-5-3-2-4-6-8/h2-6H,7H2,1H3/p+1. The number of methoxy groups -OCH3 is 1. The highest BCUT2D eigenvalue weighted by molar-refractivity contribution is 5.71. The minimum absolute atomic E-state index is 0.142. The van der Waals surface area contributed by atoms with Crippen LogP contribution in [0.5, 0.6) is 0 Å². The molecule has 0 fully saturated rings. The molecule has 2 rings (SSSR count). The fraction of sp³-hybridized carbons (Fsp3) is 0.182. The third-order valence-corrected chi connectivity index (χ3v) is 2.29. The molecule has 0 radical (unpaired) electrons. The molecule has 2 aromatic rings. The molecule has 6 nitrogen and oxygen atoms in total. The van der Waals surface area contributed by atoms with E-state index in [0.29, 0.717) is 5.69 Å². The van der Waals surface area contributed by atoms with Crippen LogP contribution in [0.1, 0.15) is 5.69 Å². The molecule has 0 aliphatic rings. The second-order valence-electron chi connectivity index (χ2n) is 3.35. The lowest BCUT2D eigenvalue weighted by molar-refractivity contribution is -0.676. The molecule has 1 aromatic carbocycles. The maximum atomic E-state index is 11.4. The number of nitrogens with one attached hydrogen (secondary N) is 1. The molecule has 6 heteroatoms. The zero-order valence-corrected chi connectivity index (χ0v) is 9.17. The molecule has 0 saturated heterocycles. The molecule has 0 bridgehead atoms. The summed E-state index contributed by atoms with van der Waals surface area (Å²) in [4.78, 5) is 22.6. The van der Waals surface area contributed by atoms with Crippen LogP contribution >= 0.6 is 0 Å². The summed E-state index contributed by atoms with van der Waals surface area (Å²) < 4.78 is 10.6. The van der Waals surface area contributed by atoms with Gasteiger partial charge >= 0.3 is 17.3 Å². The number of benzene rings is 1. The van der Waals surface area contributed by atoms with E-state index in [9.17, 15) is 9.59 Å². The Morgan fingerprint density at radius 2 is 2.12 bits per heavy atom. The van der Waals surface area contributed by atoms with Crippen LogP contribution in [0.15, 0.2) is 39.6 Å². The van der Waals surface area contributed by atoms with Crippen molar-refractivity contribution in [2.75, 3.05) is 7.11 Å². The fourth-order valence-corrected chi connectivity index (χ4v) is 1.44. The van der Waals surface area contributed by atoms with E-state index in [1.807, 2.05) is 18.2 Å². The van der Waals surface area contributed by atoms with Crippen LogP contribution in [-0.4, -0.2) is 18.4 Å². The van der Waals surface area contributed by atoms with Crippen molar-refractivity contribution in [2.45, 2.75) is 6.42 Å². The number of hydrogen-bond acceptors (Lipinski definition) is 4. The SMILES string of the molecule is COC(=O)Cc1c(=O)o[nH][n+]1-c1ccccc1. The monoisotopic (exact) mass is 235 g/mol. The van der Waals surface area contributed by atoms with Crippen LogP contribution in [0.3, 0.4) is 0 Å². The molecule has 0 saturated carbocycles. The lowest BCUT2D eigenvalue weighted by atomic mass is 10.3. The Hall–Kier alpha value is -2.37. The number of carbonyl (C=O) groups excluding carboxylic acids is 1. The largest absolute Gasteiger partial charge is 0.469 e. The van der Waals surface area contributed by atoms with Gasteiger partial charge in [-0.3, -0.25) is 9.32 Å². The summed E-state index contributed by atoms with van der Waals surface area (Å²) in [6.07, 6.45) is -0.142. The van der Waals surface area contributed by atoms with Crippen LogP contribution in [0.4, 0.5) is 0 Å². The molecule has 88 valence electrons. The third kappa shape index (κ3) is 2.25. The van der Waals surface area contributed by atoms with E-state index >= 15 is 0 Å². The number of esters is 1. The Kier molecular flexibility index (Phi) is 3.04. The first-order valence-corrected chi connectivity index (χ1v) is 4.97. The Balaban J connectivity index is 2.43. The van der Waals surface area contributed by atoms with E-state index in [1.54, 1.807) is 12.1 Å². The maximum absolute atomic E-state index is 11.4. The number of rotatable bonds is 3. The number of para-hydroxylation sites is 1. The smallest absolute Gasteiger partial charge is 0.431 e. The molecule has 1 N–H and O–H groups in total. The number of hydrogen-bond donors (Lipinski definition) is 1. The van der Waals surface area contributed by atoms with Crippen molar-refractivity contribution < 1.29 is 18.7 Å². The minimum atomic E-state index is -0.584. The van der Waals surface area contributed by atoms with Crippen molar-refractivity contribution in [3.05, 3.63) is 46.4 Å². The zero-order chi connectivity index (χ0) is 12.3. The van der Waals surface area contributed by atoms with Gasteiger partial charge in [-0.25, -0.2) is 4.79 Å². The summed E-state index contributed by atoms with van der Waals surface area (Å²) in [6.45, 7) is 0. The van der Waals surface area contributed by atoms with Crippen LogP contribution < -0.4 is 10.3 Å². The van der Waals surface area contributed by atoms with Gasteiger partial charge in [0.2, 0.25) is 5.69 Å². The van der Waals surface area contributed by atoms with Gasteiger partial charge in [0.05, 0.1) is 7.11 Å². The molecule has 0 unspecified atom stereocenters. The van der Waals surface area contributed by atoms with Crippen molar-refractivity contribution in [1.29, 1.82) is 0 Å². The molecule has 1 aromatic heterocycles. The van der Waals surface area contributed by atoms with Crippen LogP contribution in [-0.2, 0) is 16.0 Å². The summed E-state index contributed by atoms with van der Waals surface area (Å²) in [7, 11) is 1.27. The highest BCUT2D eigenvalue weighted by Gasteiger charge is 2.25. The molecule has 0 atom stereocenters. The number of nitrogens with zero attached hydrogens (tertiary/aromatic N) is 1. The van der Waals surface area contributed by atoms with E-state index in [4.69, 9.17) is 0 Å². The quantitative estimate of drug-likeness (QED) is 0.598. The van der Waals surface area contributed by atoms with Gasteiger partial charge in [0, 0.05) is 12.1 Å². The maximum Gasteiger partial charge on any atom is 0.431 e. The summed E-state index contributed by atoms with van der Waals surface area (Å²) in [5.74, 6) is -0.499. The molecular weight excluding hydrogens is 224 g/mol. The molecule has 0 aliphatic carbocycles. The Morgan fingerprint density at radius 3 is 2.76 bits per heavy atom. The first-order valence-electron chi connectivity index (χ1n) is 4.97. The average molecular weight is 235 g/mol. The van der Waals surface area contributed by atoms with Gasteiger partial charge in [-0.05, 0) is 9.95 Å². The molecule has 17 heavy (non-hydrogen) atoms. The second-order valence-corrected chi connectivity index (χ2v) is 3.35. The van der Waals surface area contributed by atoms with Crippen molar-refractivity contribution in [1.82, 2.24) is 5.27 Å². The minimum Gasteiger partial charge on any atom is -0.469 e. The van der Waals surface area contributed by atoms with E-state index < -0.39 is 11.6 Å². The van der Waals surface area contributed by atoms with Gasteiger partial charge in [0.25, 0.3) is 0 Å². The van der Waals surface area contributed by atoms with Crippen molar-refractivity contribution in [3.8, 4) is 5.69 Å². The van der Waals surface area contributed by atoms with Gasteiger partial charge in [-0.15, -0.1) is 0 Å². The molecular formula is C11H11N2O4+. The number of ether oxygens (including phenoxy) is 1. The Bertz CT molecular complexity index is 571. The summed E-state index contributed by atoms with van der Waals surface area (Å²) in [5, 5.41) is 2.44. The van der Waals surface area contributed by atoms with Gasteiger partial charge in [0.1, 0.15) is 6.42 Å². The van der Waals surface area contributed by atoms with E-state index in [-0.39, 0.29) is 12.1 Å². The average Bonchev–Trinajstić information content (AvgIpc) is 2.72. The first kappa shape index (κ1) is 11.1. The van der Waals surface area contributed by atoms with E-state index in [0.717, 1.165) is 0 Å². The molecule has 1 heterocycles. The van der Waals surface area contributed by atoms with E-state index in [1.165, 1.54) is 11.8 Å². The summed E-state index contributed by atoms with van der Waals surface area (Å²) >= 11 is 0. The van der Waals surface area contributed by atoms with Gasteiger partial charge in [0.15, 0.2) is 0 Å². The Labute approximate surface area is 96.4 Å². The van der Waals surface area contributed by atoms with Crippen LogP contribution in [0.2, 0.25) is 0 Å². The first-order chi connectivity index (χ1) is 8.22. The predicted octanol–water partition coefficient (Wildman–Crippen LogP) is -0.0399. The Morgan fingerprint density at radius 1 is 1.41 bits per heavy atom. The number of aromatic nitrogens is 2. The number of carbonyl (C=O) groups is 1. The van der Waals surface area contributed by atoms with Crippen molar-refractivity contribution >= 4 is 5.97 Å². The third-order valence-electron chi connectivity index (χ3n) is 2.29.